The molecule has 0 fully saturated rings. The van der Waals surface area contributed by atoms with Crippen molar-refractivity contribution in [2.75, 3.05) is 20.8 Å². The summed E-state index contributed by atoms with van der Waals surface area (Å²) in [5, 5.41) is 4.10. The van der Waals surface area contributed by atoms with E-state index >= 15 is 0 Å². The average molecular weight is 444 g/mol. The van der Waals surface area contributed by atoms with Crippen molar-refractivity contribution in [3.8, 4) is 22.9 Å². The van der Waals surface area contributed by atoms with Gasteiger partial charge in [0, 0.05) is 30.6 Å². The van der Waals surface area contributed by atoms with Gasteiger partial charge in [0.15, 0.2) is 11.5 Å². The van der Waals surface area contributed by atoms with Gasteiger partial charge < -0.3 is 18.9 Å². The lowest BCUT2D eigenvalue weighted by Crippen LogP contribution is -2.32. The number of carbonyl (C=O) groups excluding carboxylic acids is 1. The Morgan fingerprint density at radius 3 is 2.30 bits per heavy atom. The van der Waals surface area contributed by atoms with Crippen LogP contribution in [0.2, 0.25) is 0 Å². The molecule has 3 aromatic carbocycles. The second-order valence-electron chi connectivity index (χ2n) is 7.41. The third-order valence-electron chi connectivity index (χ3n) is 5.23. The average Bonchev–Trinajstić information content (AvgIpc) is 3.36. The van der Waals surface area contributed by atoms with Crippen LogP contribution in [0, 0.1) is 0 Å². The summed E-state index contributed by atoms with van der Waals surface area (Å²) >= 11 is 0. The minimum Gasteiger partial charge on any atom is -0.493 e. The van der Waals surface area contributed by atoms with Gasteiger partial charge in [0.25, 0.3) is 5.91 Å². The number of benzene rings is 3. The van der Waals surface area contributed by atoms with Crippen LogP contribution in [0.15, 0.2) is 83.4 Å². The zero-order valence-corrected chi connectivity index (χ0v) is 18.6. The Balaban J connectivity index is 1.50. The van der Waals surface area contributed by atoms with E-state index in [4.69, 9.17) is 14.0 Å². The lowest BCUT2D eigenvalue weighted by atomic mass is 10.1. The predicted molar refractivity (Wildman–Crippen MR) is 124 cm³/mol. The first-order valence-electron chi connectivity index (χ1n) is 10.6. The third kappa shape index (κ3) is 5.38. The van der Waals surface area contributed by atoms with Crippen molar-refractivity contribution in [3.05, 3.63) is 95.9 Å². The zero-order valence-electron chi connectivity index (χ0n) is 18.6. The molecule has 1 amide bonds. The number of hydrogen-bond acceptors (Lipinski definition) is 6. The Hall–Kier alpha value is -4.13. The molecule has 0 spiro atoms. The minimum atomic E-state index is -0.0425. The molecular weight excluding hydrogens is 418 g/mol. The number of aromatic nitrogens is 2. The predicted octanol–water partition coefficient (Wildman–Crippen LogP) is 4.64. The monoisotopic (exact) mass is 443 g/mol. The normalized spacial score (nSPS) is 10.6. The van der Waals surface area contributed by atoms with Gasteiger partial charge in [-0.15, -0.1) is 0 Å². The molecule has 4 aromatic rings. The number of nitrogens with zero attached hydrogens (tertiary/aromatic N) is 3. The van der Waals surface area contributed by atoms with Crippen molar-refractivity contribution in [1.82, 2.24) is 15.0 Å². The lowest BCUT2D eigenvalue weighted by Gasteiger charge is -2.22. The van der Waals surface area contributed by atoms with E-state index in [1.165, 1.54) is 0 Å². The van der Waals surface area contributed by atoms with Crippen molar-refractivity contribution in [2.24, 2.45) is 0 Å². The molecule has 0 bridgehead atoms. The third-order valence-corrected chi connectivity index (χ3v) is 5.23. The topological polar surface area (TPSA) is 77.7 Å². The van der Waals surface area contributed by atoms with E-state index in [-0.39, 0.29) is 5.91 Å². The fourth-order valence-corrected chi connectivity index (χ4v) is 3.50. The minimum absolute atomic E-state index is 0.0425. The summed E-state index contributed by atoms with van der Waals surface area (Å²) in [5.41, 5.74) is 2.45. The van der Waals surface area contributed by atoms with Crippen molar-refractivity contribution in [3.63, 3.8) is 0 Å². The molecule has 0 radical (unpaired) electrons. The Bertz CT molecular complexity index is 1190. The summed E-state index contributed by atoms with van der Waals surface area (Å²) in [4.78, 5) is 19.5. The van der Waals surface area contributed by atoms with Crippen molar-refractivity contribution in [1.29, 1.82) is 0 Å². The van der Waals surface area contributed by atoms with Gasteiger partial charge in [-0.1, -0.05) is 53.7 Å². The van der Waals surface area contributed by atoms with Crippen LogP contribution in [0.1, 0.15) is 21.8 Å². The van der Waals surface area contributed by atoms with E-state index < -0.39 is 0 Å². The summed E-state index contributed by atoms with van der Waals surface area (Å²) in [6, 6.07) is 24.6. The van der Waals surface area contributed by atoms with E-state index in [0.29, 0.717) is 48.3 Å². The van der Waals surface area contributed by atoms with Crippen LogP contribution >= 0.6 is 0 Å². The molecule has 0 aliphatic carbocycles. The van der Waals surface area contributed by atoms with Crippen molar-refractivity contribution < 1.29 is 18.8 Å². The van der Waals surface area contributed by atoms with Gasteiger partial charge in [0.2, 0.25) is 11.7 Å². The first-order chi connectivity index (χ1) is 16.2. The van der Waals surface area contributed by atoms with Gasteiger partial charge in [-0.05, 0) is 35.9 Å². The molecule has 0 aliphatic heterocycles. The maximum Gasteiger partial charge on any atom is 0.254 e. The van der Waals surface area contributed by atoms with Crippen LogP contribution < -0.4 is 9.47 Å². The first-order valence-corrected chi connectivity index (χ1v) is 10.6. The molecule has 4 rings (SSSR count). The second kappa shape index (κ2) is 10.5. The Labute approximate surface area is 192 Å². The number of carbonyl (C=O) groups is 1. The highest BCUT2D eigenvalue weighted by Gasteiger charge is 2.18. The number of amides is 1. The van der Waals surface area contributed by atoms with E-state index in [1.54, 1.807) is 31.3 Å². The Morgan fingerprint density at radius 2 is 1.61 bits per heavy atom. The number of ether oxygens (including phenoxy) is 2. The number of hydrogen-bond donors (Lipinski definition) is 0. The summed E-state index contributed by atoms with van der Waals surface area (Å²) in [6.45, 7) is 0.932. The maximum absolute atomic E-state index is 13.2. The molecule has 0 atom stereocenters. The van der Waals surface area contributed by atoms with E-state index in [1.807, 2.05) is 66.7 Å². The molecular formula is C26H25N3O4. The van der Waals surface area contributed by atoms with Gasteiger partial charge in [-0.2, -0.15) is 4.98 Å². The van der Waals surface area contributed by atoms with Crippen LogP contribution in [0.3, 0.4) is 0 Å². The standard InChI is InChI=1S/C26H25N3O4/c1-31-22-14-13-21(17-23(22)32-2)25-27-24(33-28-25)15-16-29(18-19-9-5-3-6-10-19)26(30)20-11-7-4-8-12-20/h3-14,17H,15-16,18H2,1-2H3. The fourth-order valence-electron chi connectivity index (χ4n) is 3.50. The van der Waals surface area contributed by atoms with Gasteiger partial charge in [0.1, 0.15) is 0 Å². The summed E-state index contributed by atoms with van der Waals surface area (Å²) < 4.78 is 16.1. The molecule has 1 aromatic heterocycles. The molecule has 33 heavy (non-hydrogen) atoms. The van der Waals surface area contributed by atoms with E-state index in [0.717, 1.165) is 11.1 Å². The second-order valence-corrected chi connectivity index (χ2v) is 7.41. The smallest absolute Gasteiger partial charge is 0.254 e. The highest BCUT2D eigenvalue weighted by molar-refractivity contribution is 5.94. The van der Waals surface area contributed by atoms with Crippen LogP contribution in [0.25, 0.3) is 11.4 Å². The van der Waals surface area contributed by atoms with Gasteiger partial charge in [-0.3, -0.25) is 4.79 Å². The highest BCUT2D eigenvalue weighted by atomic mass is 16.5. The molecule has 0 saturated heterocycles. The Kier molecular flexibility index (Phi) is 6.99. The molecule has 7 heteroatoms. The van der Waals surface area contributed by atoms with Gasteiger partial charge in [-0.25, -0.2) is 0 Å². The Morgan fingerprint density at radius 1 is 0.909 bits per heavy atom. The number of methoxy groups -OCH3 is 2. The summed E-state index contributed by atoms with van der Waals surface area (Å²) in [5.74, 6) is 2.08. The maximum atomic E-state index is 13.2. The first kappa shape index (κ1) is 22.1. The fraction of sp³-hybridized carbons (Fsp3) is 0.192. The lowest BCUT2D eigenvalue weighted by molar-refractivity contribution is 0.0741. The van der Waals surface area contributed by atoms with E-state index in [9.17, 15) is 4.79 Å². The molecule has 1 heterocycles. The van der Waals surface area contributed by atoms with Gasteiger partial charge in [0.05, 0.1) is 14.2 Å². The number of rotatable bonds is 9. The highest BCUT2D eigenvalue weighted by Crippen LogP contribution is 2.31. The molecule has 0 saturated carbocycles. The van der Waals surface area contributed by atoms with Crippen LogP contribution in [0.5, 0.6) is 11.5 Å². The van der Waals surface area contributed by atoms with Crippen molar-refractivity contribution >= 4 is 5.91 Å². The molecule has 0 unspecified atom stereocenters. The molecule has 0 N–H and O–H groups in total. The van der Waals surface area contributed by atoms with Crippen LogP contribution in [0.4, 0.5) is 0 Å². The van der Waals surface area contributed by atoms with Crippen LogP contribution in [-0.4, -0.2) is 41.7 Å². The quantitative estimate of drug-likeness (QED) is 0.375. The largest absolute Gasteiger partial charge is 0.493 e. The van der Waals surface area contributed by atoms with Crippen molar-refractivity contribution in [2.45, 2.75) is 13.0 Å². The molecule has 7 nitrogen and oxygen atoms in total. The summed E-state index contributed by atoms with van der Waals surface area (Å²) in [7, 11) is 3.16. The molecule has 0 aliphatic rings. The van der Waals surface area contributed by atoms with E-state index in [2.05, 4.69) is 10.1 Å². The van der Waals surface area contributed by atoms with Crippen LogP contribution in [-0.2, 0) is 13.0 Å². The van der Waals surface area contributed by atoms with Gasteiger partial charge >= 0.3 is 0 Å². The molecule has 168 valence electrons. The SMILES string of the molecule is COc1ccc(-c2noc(CCN(Cc3ccccc3)C(=O)c3ccccc3)n2)cc1OC. The summed E-state index contributed by atoms with van der Waals surface area (Å²) in [6.07, 6.45) is 0.436. The zero-order chi connectivity index (χ0) is 23.0.